The van der Waals surface area contributed by atoms with Crippen LogP contribution in [0.2, 0.25) is 0 Å². The van der Waals surface area contributed by atoms with E-state index in [0.29, 0.717) is 5.56 Å². The zero-order valence-electron chi connectivity index (χ0n) is 20.5. The number of rotatable bonds is 6. The molecule has 0 atom stereocenters. The average Bonchev–Trinajstić information content (AvgIpc) is 3.43. The quantitative estimate of drug-likeness (QED) is 0.180. The van der Waals surface area contributed by atoms with Gasteiger partial charge in [-0.15, -0.1) is 0 Å². The van der Waals surface area contributed by atoms with Crippen LogP contribution < -0.4 is 9.47 Å². The van der Waals surface area contributed by atoms with Crippen molar-refractivity contribution in [1.29, 1.82) is 0 Å². The van der Waals surface area contributed by atoms with Crippen LogP contribution in [0.5, 0.6) is 0 Å². The zero-order valence-corrected chi connectivity index (χ0v) is 22.1. The van der Waals surface area contributed by atoms with Crippen molar-refractivity contribution >= 4 is 51.2 Å². The van der Waals surface area contributed by atoms with Crippen molar-refractivity contribution in [2.75, 3.05) is 11.4 Å². The molecular weight excluding hydrogens is 509 g/mol. The summed E-state index contributed by atoms with van der Waals surface area (Å²) < 4.78 is 42.5. The van der Waals surface area contributed by atoms with Gasteiger partial charge in [0.15, 0.2) is 0 Å². The van der Waals surface area contributed by atoms with Crippen LogP contribution in [0.15, 0.2) is 100 Å². The van der Waals surface area contributed by atoms with Gasteiger partial charge in [0.1, 0.15) is 11.2 Å². The summed E-state index contributed by atoms with van der Waals surface area (Å²) in [7, 11) is 0. The fourth-order valence-electron chi connectivity index (χ4n) is 4.37. The summed E-state index contributed by atoms with van der Waals surface area (Å²) in [5.74, 6) is 0. The van der Waals surface area contributed by atoms with Crippen molar-refractivity contribution in [2.24, 2.45) is 0 Å². The van der Waals surface area contributed by atoms with Gasteiger partial charge in [-0.05, 0) is 61.4 Å². The lowest BCUT2D eigenvalue weighted by Crippen LogP contribution is -2.33. The van der Waals surface area contributed by atoms with Gasteiger partial charge >= 0.3 is 6.18 Å². The van der Waals surface area contributed by atoms with Gasteiger partial charge in [0.05, 0.1) is 16.3 Å². The molecular formula is C30H26F3N2S2+. The van der Waals surface area contributed by atoms with Crippen molar-refractivity contribution in [1.82, 2.24) is 0 Å². The molecule has 7 heteroatoms. The van der Waals surface area contributed by atoms with E-state index in [-0.39, 0.29) is 0 Å². The summed E-state index contributed by atoms with van der Waals surface area (Å²) in [4.78, 5) is 3.51. The highest BCUT2D eigenvalue weighted by Gasteiger charge is 2.30. The Hall–Kier alpha value is -3.29. The summed E-state index contributed by atoms with van der Waals surface area (Å²) >= 11 is 3.47. The minimum atomic E-state index is -4.34. The highest BCUT2D eigenvalue weighted by atomic mass is 32.2. The Kier molecular flexibility index (Phi) is 7.26. The van der Waals surface area contributed by atoms with E-state index in [1.807, 2.05) is 36.4 Å². The molecule has 2 nitrogen and oxygen atoms in total. The number of nitrogens with zero attached hydrogens (tertiary/aromatic N) is 2. The highest BCUT2D eigenvalue weighted by molar-refractivity contribution is 8.03. The number of alkyl halides is 3. The molecule has 3 aromatic carbocycles. The first kappa shape index (κ1) is 25.4. The lowest BCUT2D eigenvalue weighted by Gasteiger charge is -2.18. The Bertz CT molecular complexity index is 1510. The summed E-state index contributed by atoms with van der Waals surface area (Å²) in [6.07, 6.45) is 3.84. The standard InChI is InChI=1S/C30H26F3N2S2/c1-3-34-24-9-5-7-11-26(24)36-28(34)19-22(14-13-21-15-17-23(18-16-21)30(31,32)33)20-29-35(4-2)25-10-6-8-12-27(25)37-29/h5-20H,3-4H2,1-2H3/q+1/b14-13+. The van der Waals surface area contributed by atoms with Crippen LogP contribution in [0.25, 0.3) is 22.4 Å². The van der Waals surface area contributed by atoms with Crippen molar-refractivity contribution in [3.63, 3.8) is 0 Å². The fourth-order valence-corrected chi connectivity index (χ4v) is 6.75. The van der Waals surface area contributed by atoms with Gasteiger partial charge < -0.3 is 4.90 Å². The van der Waals surface area contributed by atoms with Crippen molar-refractivity contribution < 1.29 is 17.7 Å². The molecule has 0 saturated carbocycles. The Morgan fingerprint density at radius 1 is 0.946 bits per heavy atom. The largest absolute Gasteiger partial charge is 0.416 e. The van der Waals surface area contributed by atoms with Crippen LogP contribution in [0.3, 0.4) is 0 Å². The number of thiazole rings is 1. The molecule has 0 saturated heterocycles. The summed E-state index contributed by atoms with van der Waals surface area (Å²) in [6.45, 7) is 5.94. The van der Waals surface area contributed by atoms with Crippen LogP contribution in [0.1, 0.15) is 30.0 Å². The number of benzene rings is 3. The molecule has 0 radical (unpaired) electrons. The van der Waals surface area contributed by atoms with Crippen LogP contribution in [-0.4, -0.2) is 6.54 Å². The van der Waals surface area contributed by atoms with Crippen molar-refractivity contribution in [2.45, 2.75) is 31.5 Å². The number of allylic oxidation sites excluding steroid dienone is 3. The van der Waals surface area contributed by atoms with Crippen molar-refractivity contribution in [3.05, 3.63) is 112 Å². The maximum Gasteiger partial charge on any atom is 0.416 e. The maximum atomic E-state index is 13.0. The number of halogens is 3. The number of aryl methyl sites for hydroxylation is 1. The molecule has 0 N–H and O–H groups in total. The van der Waals surface area contributed by atoms with Gasteiger partial charge in [-0.1, -0.05) is 71.6 Å². The van der Waals surface area contributed by atoms with Crippen LogP contribution in [0, 0.1) is 0 Å². The third-order valence-electron chi connectivity index (χ3n) is 6.19. The van der Waals surface area contributed by atoms with Gasteiger partial charge in [-0.3, -0.25) is 0 Å². The summed E-state index contributed by atoms with van der Waals surface area (Å²) in [6, 6.07) is 22.0. The van der Waals surface area contributed by atoms with Gasteiger partial charge in [0.25, 0.3) is 5.01 Å². The van der Waals surface area contributed by atoms with Crippen LogP contribution >= 0.6 is 23.1 Å². The molecule has 0 spiro atoms. The Labute approximate surface area is 223 Å². The maximum absolute atomic E-state index is 13.0. The smallest absolute Gasteiger partial charge is 0.335 e. The average molecular weight is 536 g/mol. The van der Waals surface area contributed by atoms with Gasteiger partial charge in [0.2, 0.25) is 5.52 Å². The summed E-state index contributed by atoms with van der Waals surface area (Å²) in [5.41, 5.74) is 3.43. The van der Waals surface area contributed by atoms with Gasteiger partial charge in [0, 0.05) is 23.6 Å². The number of fused-ring (bicyclic) bond motifs is 2. The second kappa shape index (κ2) is 10.6. The molecule has 188 valence electrons. The first-order chi connectivity index (χ1) is 17.9. The van der Waals surface area contributed by atoms with E-state index in [2.05, 4.69) is 59.7 Å². The van der Waals surface area contributed by atoms with E-state index in [0.717, 1.165) is 40.8 Å². The van der Waals surface area contributed by atoms with E-state index in [1.165, 1.54) is 32.9 Å². The Morgan fingerprint density at radius 3 is 2.41 bits per heavy atom. The topological polar surface area (TPSA) is 7.12 Å². The van der Waals surface area contributed by atoms with Crippen molar-refractivity contribution in [3.8, 4) is 0 Å². The van der Waals surface area contributed by atoms with E-state index < -0.39 is 11.7 Å². The number of hydrogen-bond acceptors (Lipinski definition) is 3. The first-order valence-corrected chi connectivity index (χ1v) is 13.7. The van der Waals surface area contributed by atoms with Gasteiger partial charge in [-0.2, -0.15) is 17.7 Å². The SMILES string of the molecule is CCN1/C(=C/C(=C\c2sc3ccccc3[n+]2CC)/C=C/c2ccc(C(F)(F)F)cc2)Sc2ccccc21. The monoisotopic (exact) mass is 535 g/mol. The number of aromatic nitrogens is 1. The number of hydrogen-bond donors (Lipinski definition) is 0. The second-order valence-electron chi connectivity index (χ2n) is 8.55. The predicted molar refractivity (Wildman–Crippen MR) is 150 cm³/mol. The molecule has 0 unspecified atom stereocenters. The van der Waals surface area contributed by atoms with E-state index >= 15 is 0 Å². The molecule has 1 aliphatic heterocycles. The third-order valence-corrected chi connectivity index (χ3v) is 8.42. The van der Waals surface area contributed by atoms with Crippen LogP contribution in [0.4, 0.5) is 18.9 Å². The van der Waals surface area contributed by atoms with E-state index in [9.17, 15) is 13.2 Å². The normalized spacial score (nSPS) is 15.3. The number of thioether (sulfide) groups is 1. The Balaban J connectivity index is 1.57. The Morgan fingerprint density at radius 2 is 1.68 bits per heavy atom. The molecule has 0 fully saturated rings. The molecule has 0 bridgehead atoms. The second-order valence-corrected chi connectivity index (χ2v) is 10.7. The van der Waals surface area contributed by atoms with Gasteiger partial charge in [-0.25, -0.2) is 0 Å². The first-order valence-electron chi connectivity index (χ1n) is 12.1. The molecule has 1 aliphatic rings. The fraction of sp³-hybridized carbons (Fsp3) is 0.167. The molecule has 2 heterocycles. The third kappa shape index (κ3) is 5.38. The zero-order chi connectivity index (χ0) is 26.0. The molecule has 1 aromatic heterocycles. The summed E-state index contributed by atoms with van der Waals surface area (Å²) in [5, 5.41) is 2.24. The van der Waals surface area contributed by atoms with E-state index in [1.54, 1.807) is 23.1 Å². The lowest BCUT2D eigenvalue weighted by atomic mass is 10.1. The molecule has 37 heavy (non-hydrogen) atoms. The molecule has 0 amide bonds. The number of para-hydroxylation sites is 2. The highest BCUT2D eigenvalue weighted by Crippen LogP contribution is 2.46. The van der Waals surface area contributed by atoms with E-state index in [4.69, 9.17) is 0 Å². The molecule has 5 rings (SSSR count). The molecule has 4 aromatic rings. The minimum Gasteiger partial charge on any atom is -0.335 e. The number of anilines is 1. The molecule has 0 aliphatic carbocycles. The lowest BCUT2D eigenvalue weighted by molar-refractivity contribution is -0.665. The predicted octanol–water partition coefficient (Wildman–Crippen LogP) is 8.80. The minimum absolute atomic E-state index is 0.643. The van der Waals surface area contributed by atoms with Crippen LogP contribution in [-0.2, 0) is 12.7 Å².